The first-order valence-electron chi connectivity index (χ1n) is 10.1. The summed E-state index contributed by atoms with van der Waals surface area (Å²) in [5.74, 6) is 1.32. The van der Waals surface area contributed by atoms with Crippen molar-refractivity contribution in [3.63, 3.8) is 0 Å². The molecule has 2 aliphatic rings. The zero-order valence-electron chi connectivity index (χ0n) is 16.8. The van der Waals surface area contributed by atoms with Crippen LogP contribution < -0.4 is 14.4 Å². The largest absolute Gasteiger partial charge is 0.495 e. The highest BCUT2D eigenvalue weighted by Crippen LogP contribution is 2.44. The first kappa shape index (κ1) is 21.0. The summed E-state index contributed by atoms with van der Waals surface area (Å²) in [5, 5.41) is 3.34. The Kier molecular flexibility index (Phi) is 5.93. The number of rotatable bonds is 7. The number of hydrogen-bond acceptors (Lipinski definition) is 4. The maximum Gasteiger partial charge on any atom is 0.264 e. The zero-order valence-corrected chi connectivity index (χ0v) is 18.3. The lowest BCUT2D eigenvalue weighted by Crippen LogP contribution is -2.46. The average molecular weight is 449 g/mol. The fourth-order valence-electron chi connectivity index (χ4n) is 4.65. The summed E-state index contributed by atoms with van der Waals surface area (Å²) in [5.41, 5.74) is 0.313. The second kappa shape index (κ2) is 8.47. The van der Waals surface area contributed by atoms with Crippen LogP contribution in [0.3, 0.4) is 0 Å². The molecule has 4 rings (SSSR count). The number of ether oxygens (including phenoxy) is 1. The molecule has 0 saturated heterocycles. The molecular weight excluding hydrogens is 424 g/mol. The van der Waals surface area contributed by atoms with Crippen LogP contribution in [0.15, 0.2) is 53.4 Å². The topological polar surface area (TPSA) is 75.7 Å². The van der Waals surface area contributed by atoms with Gasteiger partial charge in [-0.05, 0) is 61.4 Å². The second-order valence-corrected chi connectivity index (χ2v) is 10.3. The Morgan fingerprint density at radius 2 is 1.93 bits per heavy atom. The molecule has 0 radical (unpaired) electrons. The molecule has 2 saturated carbocycles. The molecule has 0 aliphatic heterocycles. The monoisotopic (exact) mass is 448 g/mol. The highest BCUT2D eigenvalue weighted by atomic mass is 35.5. The number of amides is 1. The van der Waals surface area contributed by atoms with E-state index in [1.165, 1.54) is 31.7 Å². The van der Waals surface area contributed by atoms with E-state index in [-0.39, 0.29) is 28.4 Å². The van der Waals surface area contributed by atoms with E-state index in [0.717, 1.165) is 23.6 Å². The van der Waals surface area contributed by atoms with Crippen molar-refractivity contribution in [2.45, 2.75) is 36.6 Å². The number of nitrogens with zero attached hydrogens (tertiary/aromatic N) is 1. The van der Waals surface area contributed by atoms with Crippen molar-refractivity contribution in [2.24, 2.45) is 11.8 Å². The fraction of sp³-hybridized carbons (Fsp3) is 0.409. The molecule has 0 spiro atoms. The average Bonchev–Trinajstić information content (AvgIpc) is 3.36. The van der Waals surface area contributed by atoms with Gasteiger partial charge in [-0.1, -0.05) is 36.2 Å². The number of methoxy groups -OCH3 is 1. The van der Waals surface area contributed by atoms with Gasteiger partial charge < -0.3 is 10.1 Å². The quantitative estimate of drug-likeness (QED) is 0.698. The summed E-state index contributed by atoms with van der Waals surface area (Å²) in [6.07, 6.45) is 4.51. The van der Waals surface area contributed by atoms with E-state index in [4.69, 9.17) is 16.3 Å². The number of anilines is 1. The van der Waals surface area contributed by atoms with Crippen molar-refractivity contribution >= 4 is 33.2 Å². The third-order valence-corrected chi connectivity index (χ3v) is 8.21. The van der Waals surface area contributed by atoms with E-state index in [9.17, 15) is 13.2 Å². The van der Waals surface area contributed by atoms with Gasteiger partial charge >= 0.3 is 0 Å². The third kappa shape index (κ3) is 4.14. The van der Waals surface area contributed by atoms with Crippen molar-refractivity contribution in [3.8, 4) is 5.75 Å². The van der Waals surface area contributed by atoms with Gasteiger partial charge in [0, 0.05) is 6.04 Å². The minimum atomic E-state index is -3.96. The first-order valence-corrected chi connectivity index (χ1v) is 11.9. The molecule has 2 aromatic carbocycles. The Labute approximate surface area is 182 Å². The van der Waals surface area contributed by atoms with Gasteiger partial charge in [0.2, 0.25) is 5.91 Å². The highest BCUT2D eigenvalue weighted by Gasteiger charge is 2.40. The van der Waals surface area contributed by atoms with Gasteiger partial charge in [-0.15, -0.1) is 0 Å². The number of carbonyl (C=O) groups excluding carboxylic acids is 1. The molecule has 3 atom stereocenters. The predicted octanol–water partition coefficient (Wildman–Crippen LogP) is 3.85. The number of halogens is 1. The lowest BCUT2D eigenvalue weighted by atomic mass is 9.95. The van der Waals surface area contributed by atoms with Crippen LogP contribution >= 0.6 is 11.6 Å². The first-order chi connectivity index (χ1) is 14.4. The molecule has 1 N–H and O–H groups in total. The van der Waals surface area contributed by atoms with Crippen LogP contribution in [0.4, 0.5) is 5.69 Å². The molecule has 160 valence electrons. The van der Waals surface area contributed by atoms with Crippen LogP contribution in [-0.2, 0) is 14.8 Å². The minimum Gasteiger partial charge on any atom is -0.495 e. The number of hydrogen-bond donors (Lipinski definition) is 1. The molecule has 0 unspecified atom stereocenters. The predicted molar refractivity (Wildman–Crippen MR) is 116 cm³/mol. The van der Waals surface area contributed by atoms with Crippen molar-refractivity contribution in [1.82, 2.24) is 5.32 Å². The smallest absolute Gasteiger partial charge is 0.264 e. The minimum absolute atomic E-state index is 0.115. The van der Waals surface area contributed by atoms with Gasteiger partial charge in [-0.2, -0.15) is 0 Å². The molecule has 8 heteroatoms. The van der Waals surface area contributed by atoms with E-state index in [1.807, 2.05) is 0 Å². The van der Waals surface area contributed by atoms with Crippen LogP contribution in [0.2, 0.25) is 5.02 Å². The van der Waals surface area contributed by atoms with E-state index >= 15 is 0 Å². The molecule has 2 aromatic rings. The summed E-state index contributed by atoms with van der Waals surface area (Å²) in [7, 11) is -2.47. The Hall–Kier alpha value is -2.25. The van der Waals surface area contributed by atoms with Crippen LogP contribution in [0.1, 0.15) is 25.7 Å². The maximum absolute atomic E-state index is 13.4. The van der Waals surface area contributed by atoms with Gasteiger partial charge in [-0.3, -0.25) is 9.10 Å². The van der Waals surface area contributed by atoms with Gasteiger partial charge in [0.05, 0.1) is 22.7 Å². The molecule has 2 fully saturated rings. The third-order valence-electron chi connectivity index (χ3n) is 6.13. The number of nitrogens with one attached hydrogen (secondary N) is 1. The molecule has 1 amide bonds. The number of carbonyl (C=O) groups is 1. The van der Waals surface area contributed by atoms with Crippen molar-refractivity contribution in [1.29, 1.82) is 0 Å². The Bertz CT molecular complexity index is 1030. The molecule has 30 heavy (non-hydrogen) atoms. The summed E-state index contributed by atoms with van der Waals surface area (Å²) in [6, 6.07) is 12.9. The van der Waals surface area contributed by atoms with Gasteiger partial charge in [0.25, 0.3) is 10.0 Å². The van der Waals surface area contributed by atoms with Crippen LogP contribution in [0.25, 0.3) is 0 Å². The zero-order chi connectivity index (χ0) is 21.3. The lowest BCUT2D eigenvalue weighted by molar-refractivity contribution is -0.120. The van der Waals surface area contributed by atoms with Crippen LogP contribution in [0, 0.1) is 11.8 Å². The van der Waals surface area contributed by atoms with E-state index in [1.54, 1.807) is 30.3 Å². The number of benzene rings is 2. The summed E-state index contributed by atoms with van der Waals surface area (Å²) in [4.78, 5) is 13.0. The van der Waals surface area contributed by atoms with Crippen molar-refractivity contribution < 1.29 is 17.9 Å². The van der Waals surface area contributed by atoms with Crippen molar-refractivity contribution in [2.75, 3.05) is 18.0 Å². The molecule has 0 aromatic heterocycles. The SMILES string of the molecule is COc1ccc(N(CC(=O)N[C@@H]2C[C@H]3CC[C@@H]2C3)S(=O)(=O)c2ccccc2)cc1Cl. The normalized spacial score (nSPS) is 22.7. The summed E-state index contributed by atoms with van der Waals surface area (Å²) < 4.78 is 33.0. The van der Waals surface area contributed by atoms with E-state index in [0.29, 0.717) is 23.3 Å². The van der Waals surface area contributed by atoms with Gasteiger partial charge in [0.1, 0.15) is 12.3 Å². The maximum atomic E-state index is 13.4. The number of fused-ring (bicyclic) bond motifs is 2. The fourth-order valence-corrected chi connectivity index (χ4v) is 6.34. The van der Waals surface area contributed by atoms with Crippen LogP contribution in [-0.4, -0.2) is 34.0 Å². The van der Waals surface area contributed by atoms with Gasteiger partial charge in [0.15, 0.2) is 0 Å². The van der Waals surface area contributed by atoms with Gasteiger partial charge in [-0.25, -0.2) is 8.42 Å². The highest BCUT2D eigenvalue weighted by molar-refractivity contribution is 7.92. The summed E-state index contributed by atoms with van der Waals surface area (Å²) >= 11 is 6.24. The number of sulfonamides is 1. The second-order valence-electron chi connectivity index (χ2n) is 7.99. The van der Waals surface area contributed by atoms with Crippen LogP contribution in [0.5, 0.6) is 5.75 Å². The Morgan fingerprint density at radius 3 is 2.53 bits per heavy atom. The molecular formula is C22H25ClN2O4S. The standard InChI is InChI=1S/C22H25ClN2O4S/c1-29-21-10-9-17(13-19(21)23)25(30(27,28)18-5-3-2-4-6-18)14-22(26)24-20-12-15-7-8-16(20)11-15/h2-6,9-10,13,15-16,20H,7-8,11-12,14H2,1H3,(H,24,26)/t15-,16+,20+/m0/s1. The van der Waals surface area contributed by atoms with Crippen molar-refractivity contribution in [3.05, 3.63) is 53.6 Å². The van der Waals surface area contributed by atoms with E-state index in [2.05, 4.69) is 5.32 Å². The molecule has 0 heterocycles. The Balaban J connectivity index is 1.61. The molecule has 6 nitrogen and oxygen atoms in total. The molecule has 2 aliphatic carbocycles. The summed E-state index contributed by atoms with van der Waals surface area (Å²) in [6.45, 7) is -0.312. The lowest BCUT2D eigenvalue weighted by Gasteiger charge is -2.27. The Morgan fingerprint density at radius 1 is 1.17 bits per heavy atom. The van der Waals surface area contributed by atoms with E-state index < -0.39 is 10.0 Å². The molecule has 2 bridgehead atoms.